The Kier molecular flexibility index (Phi) is 1.65. The molecule has 0 N–H and O–H groups in total. The third-order valence-corrected chi connectivity index (χ3v) is 2.60. The van der Waals surface area contributed by atoms with Gasteiger partial charge in [-0.05, 0) is 26.7 Å². The molecular weight excluding hydrogens is 154 g/mol. The van der Waals surface area contributed by atoms with Gasteiger partial charge in [0.2, 0.25) is 5.91 Å². The van der Waals surface area contributed by atoms with Crippen LogP contribution < -0.4 is 0 Å². The van der Waals surface area contributed by atoms with Crippen LogP contribution in [0.1, 0.15) is 26.7 Å². The first-order chi connectivity index (χ1) is 5.61. The molecule has 1 amide bonds. The summed E-state index contributed by atoms with van der Waals surface area (Å²) in [4.78, 5) is 13.5. The largest absolute Gasteiger partial charge is 0.359 e. The van der Waals surface area contributed by atoms with E-state index >= 15 is 0 Å². The van der Waals surface area contributed by atoms with Crippen LogP contribution in [0.2, 0.25) is 0 Å². The Morgan fingerprint density at radius 3 is 2.58 bits per heavy atom. The van der Waals surface area contributed by atoms with Gasteiger partial charge in [0, 0.05) is 5.92 Å². The molecule has 2 fully saturated rings. The van der Waals surface area contributed by atoms with E-state index in [-0.39, 0.29) is 11.4 Å². The Morgan fingerprint density at radius 1 is 1.50 bits per heavy atom. The highest BCUT2D eigenvalue weighted by atomic mass is 16.5. The van der Waals surface area contributed by atoms with Crippen LogP contribution in [0.4, 0.5) is 0 Å². The lowest BCUT2D eigenvalue weighted by molar-refractivity contribution is -0.136. The molecule has 0 aromatic heterocycles. The first-order valence-electron chi connectivity index (χ1n) is 4.50. The third kappa shape index (κ3) is 1.22. The molecule has 0 atom stereocenters. The van der Waals surface area contributed by atoms with Crippen LogP contribution in [-0.4, -0.2) is 29.7 Å². The molecular formula is C9H15NO2. The molecule has 0 aromatic carbocycles. The van der Waals surface area contributed by atoms with Crippen molar-refractivity contribution >= 4 is 5.91 Å². The van der Waals surface area contributed by atoms with Crippen molar-refractivity contribution < 1.29 is 9.53 Å². The van der Waals surface area contributed by atoms with E-state index in [0.717, 1.165) is 12.8 Å². The van der Waals surface area contributed by atoms with Crippen molar-refractivity contribution in [3.8, 4) is 0 Å². The molecule has 3 nitrogen and oxygen atoms in total. The van der Waals surface area contributed by atoms with Gasteiger partial charge in [0.1, 0.15) is 6.73 Å². The zero-order valence-corrected chi connectivity index (χ0v) is 7.67. The number of nitrogens with zero attached hydrogens (tertiary/aromatic N) is 1. The quantitative estimate of drug-likeness (QED) is 0.586. The molecule has 1 saturated carbocycles. The second-order valence-electron chi connectivity index (χ2n) is 4.33. The molecule has 0 unspecified atom stereocenters. The second-order valence-corrected chi connectivity index (χ2v) is 4.33. The first kappa shape index (κ1) is 8.05. The number of rotatable bonds is 1. The van der Waals surface area contributed by atoms with E-state index in [1.807, 2.05) is 4.90 Å². The summed E-state index contributed by atoms with van der Waals surface area (Å²) < 4.78 is 5.28. The lowest BCUT2D eigenvalue weighted by atomic mass is 10.1. The topological polar surface area (TPSA) is 29.5 Å². The van der Waals surface area contributed by atoms with E-state index in [4.69, 9.17) is 4.74 Å². The number of hydrogen-bond donors (Lipinski definition) is 0. The first-order valence-corrected chi connectivity index (χ1v) is 4.50. The van der Waals surface area contributed by atoms with E-state index in [0.29, 0.717) is 19.3 Å². The van der Waals surface area contributed by atoms with E-state index in [1.54, 1.807) is 0 Å². The van der Waals surface area contributed by atoms with Crippen molar-refractivity contribution in [2.75, 3.05) is 13.3 Å². The minimum Gasteiger partial charge on any atom is -0.359 e. The van der Waals surface area contributed by atoms with Crippen LogP contribution in [0.25, 0.3) is 0 Å². The van der Waals surface area contributed by atoms with Gasteiger partial charge in [-0.1, -0.05) is 0 Å². The molecule has 3 heteroatoms. The highest BCUT2D eigenvalue weighted by Gasteiger charge is 2.42. The molecule has 2 rings (SSSR count). The maximum atomic E-state index is 11.7. The molecule has 0 aromatic rings. The van der Waals surface area contributed by atoms with E-state index in [1.165, 1.54) is 0 Å². The predicted octanol–water partition coefficient (Wildman–Crippen LogP) is 0.991. The SMILES string of the molecule is CC1(C)COCN1C(=O)C1CC1. The maximum absolute atomic E-state index is 11.7. The molecule has 0 radical (unpaired) electrons. The molecule has 1 aliphatic carbocycles. The van der Waals surface area contributed by atoms with Crippen LogP contribution in [0, 0.1) is 5.92 Å². The smallest absolute Gasteiger partial charge is 0.228 e. The van der Waals surface area contributed by atoms with Gasteiger partial charge < -0.3 is 9.64 Å². The molecule has 1 aliphatic heterocycles. The van der Waals surface area contributed by atoms with Gasteiger partial charge in [0.15, 0.2) is 0 Å². The molecule has 1 saturated heterocycles. The highest BCUT2D eigenvalue weighted by molar-refractivity contribution is 5.81. The maximum Gasteiger partial charge on any atom is 0.228 e. The monoisotopic (exact) mass is 169 g/mol. The van der Waals surface area contributed by atoms with Crippen LogP contribution in [0.3, 0.4) is 0 Å². The van der Waals surface area contributed by atoms with Gasteiger partial charge in [0.25, 0.3) is 0 Å². The van der Waals surface area contributed by atoms with Crippen LogP contribution in [0.15, 0.2) is 0 Å². The van der Waals surface area contributed by atoms with Gasteiger partial charge in [-0.3, -0.25) is 4.79 Å². The summed E-state index contributed by atoms with van der Waals surface area (Å²) in [5.74, 6) is 0.600. The van der Waals surface area contributed by atoms with Crippen LogP contribution >= 0.6 is 0 Å². The normalized spacial score (nSPS) is 27.7. The van der Waals surface area contributed by atoms with E-state index in [9.17, 15) is 4.79 Å². The lowest BCUT2D eigenvalue weighted by Gasteiger charge is -2.29. The Hall–Kier alpha value is -0.570. The van der Waals surface area contributed by atoms with Gasteiger partial charge in [-0.2, -0.15) is 0 Å². The van der Waals surface area contributed by atoms with Crippen LogP contribution in [-0.2, 0) is 9.53 Å². The fourth-order valence-corrected chi connectivity index (χ4v) is 1.55. The molecule has 1 heterocycles. The van der Waals surface area contributed by atoms with Gasteiger partial charge >= 0.3 is 0 Å². The summed E-state index contributed by atoms with van der Waals surface area (Å²) in [5, 5.41) is 0. The predicted molar refractivity (Wildman–Crippen MR) is 44.5 cm³/mol. The zero-order valence-electron chi connectivity index (χ0n) is 7.67. The molecule has 0 spiro atoms. The average molecular weight is 169 g/mol. The fraction of sp³-hybridized carbons (Fsp3) is 0.889. The third-order valence-electron chi connectivity index (χ3n) is 2.60. The average Bonchev–Trinajstić information content (AvgIpc) is 2.75. The number of amides is 1. The lowest BCUT2D eigenvalue weighted by Crippen LogP contribution is -2.44. The van der Waals surface area contributed by atoms with Gasteiger partial charge in [0.05, 0.1) is 12.1 Å². The summed E-state index contributed by atoms with van der Waals surface area (Å²) in [6.45, 7) is 5.27. The number of hydrogen-bond acceptors (Lipinski definition) is 2. The van der Waals surface area contributed by atoms with E-state index < -0.39 is 0 Å². The zero-order chi connectivity index (χ0) is 8.77. The standard InChI is InChI=1S/C9H15NO2/c1-9(2)5-12-6-10(9)8(11)7-3-4-7/h7H,3-6H2,1-2H3. The minimum atomic E-state index is -0.0837. The van der Waals surface area contributed by atoms with Crippen LogP contribution in [0.5, 0.6) is 0 Å². The van der Waals surface area contributed by atoms with Crippen molar-refractivity contribution in [2.24, 2.45) is 5.92 Å². The van der Waals surface area contributed by atoms with Gasteiger partial charge in [-0.15, -0.1) is 0 Å². The van der Waals surface area contributed by atoms with Crippen molar-refractivity contribution in [1.82, 2.24) is 4.90 Å². The Morgan fingerprint density at radius 2 is 2.17 bits per heavy atom. The molecule has 0 bridgehead atoms. The Balaban J connectivity index is 2.06. The number of ether oxygens (including phenoxy) is 1. The summed E-state index contributed by atoms with van der Waals surface area (Å²) in [5.41, 5.74) is -0.0837. The van der Waals surface area contributed by atoms with E-state index in [2.05, 4.69) is 13.8 Å². The Labute approximate surface area is 72.7 Å². The summed E-state index contributed by atoms with van der Waals surface area (Å²) in [6.07, 6.45) is 2.15. The van der Waals surface area contributed by atoms with Crippen molar-refractivity contribution in [3.63, 3.8) is 0 Å². The Bertz CT molecular complexity index is 209. The molecule has 2 aliphatic rings. The summed E-state index contributed by atoms with van der Waals surface area (Å²) >= 11 is 0. The summed E-state index contributed by atoms with van der Waals surface area (Å²) in [7, 11) is 0. The molecule has 12 heavy (non-hydrogen) atoms. The number of carbonyl (C=O) groups excluding carboxylic acids is 1. The van der Waals surface area contributed by atoms with Gasteiger partial charge in [-0.25, -0.2) is 0 Å². The number of carbonyl (C=O) groups is 1. The van der Waals surface area contributed by atoms with Crippen molar-refractivity contribution in [2.45, 2.75) is 32.2 Å². The van der Waals surface area contributed by atoms with Crippen molar-refractivity contribution in [3.05, 3.63) is 0 Å². The van der Waals surface area contributed by atoms with Crippen molar-refractivity contribution in [1.29, 1.82) is 0 Å². The molecule has 68 valence electrons. The second kappa shape index (κ2) is 2.46. The fourth-order valence-electron chi connectivity index (χ4n) is 1.55. The summed E-state index contributed by atoms with van der Waals surface area (Å²) in [6, 6.07) is 0. The highest BCUT2D eigenvalue weighted by Crippen LogP contribution is 2.34. The minimum absolute atomic E-state index is 0.0837.